The van der Waals surface area contributed by atoms with Gasteiger partial charge in [0.05, 0.1) is 6.61 Å². The summed E-state index contributed by atoms with van der Waals surface area (Å²) in [5.41, 5.74) is 3.54. The van der Waals surface area contributed by atoms with Crippen LogP contribution in [0, 0.1) is 5.92 Å². The largest absolute Gasteiger partial charge is 0.494 e. The molecule has 43 heavy (non-hydrogen) atoms. The lowest BCUT2D eigenvalue weighted by Crippen LogP contribution is -2.50. The summed E-state index contributed by atoms with van der Waals surface area (Å²) < 4.78 is 13.3. The second kappa shape index (κ2) is 14.0. The molecule has 2 atom stereocenters. The van der Waals surface area contributed by atoms with Gasteiger partial charge in [0.2, 0.25) is 5.90 Å². The van der Waals surface area contributed by atoms with Gasteiger partial charge < -0.3 is 19.9 Å². The van der Waals surface area contributed by atoms with E-state index < -0.39 is 11.6 Å². The zero-order valence-corrected chi connectivity index (χ0v) is 26.1. The molecule has 0 unspecified atom stereocenters. The molecule has 0 aliphatic carbocycles. The van der Waals surface area contributed by atoms with Crippen molar-refractivity contribution in [2.24, 2.45) is 10.9 Å². The SMILES string of the molecule is CC(C)CNC(=O)[C@]1(Cc2ccccc2Br)N=C(c2ccc(OCCCO)cc2)O[C@@H]1c1ccc(-c2ccccc2)cc1. The molecule has 0 bridgehead atoms. The molecule has 1 aliphatic rings. The highest BCUT2D eigenvalue weighted by Crippen LogP contribution is 2.43. The predicted molar refractivity (Wildman–Crippen MR) is 174 cm³/mol. The van der Waals surface area contributed by atoms with Crippen LogP contribution in [-0.2, 0) is 16.0 Å². The number of ether oxygens (including phenoxy) is 2. The average molecular weight is 642 g/mol. The van der Waals surface area contributed by atoms with Gasteiger partial charge in [0.15, 0.2) is 11.6 Å². The molecule has 7 heteroatoms. The Kier molecular flexibility index (Phi) is 9.95. The van der Waals surface area contributed by atoms with E-state index in [-0.39, 0.29) is 18.4 Å². The second-order valence-corrected chi connectivity index (χ2v) is 12.0. The fourth-order valence-electron chi connectivity index (χ4n) is 5.15. The molecule has 0 aromatic heterocycles. The Balaban J connectivity index is 1.57. The molecular weight excluding hydrogens is 604 g/mol. The van der Waals surface area contributed by atoms with Gasteiger partial charge >= 0.3 is 0 Å². The third-order valence-electron chi connectivity index (χ3n) is 7.44. The summed E-state index contributed by atoms with van der Waals surface area (Å²) in [4.78, 5) is 19.4. The molecule has 0 saturated carbocycles. The number of carbonyl (C=O) groups excluding carboxylic acids is 1. The number of aliphatic imine (C=N–C) groups is 1. The number of hydrogen-bond acceptors (Lipinski definition) is 5. The van der Waals surface area contributed by atoms with Gasteiger partial charge in [-0.05, 0) is 58.5 Å². The fraction of sp³-hybridized carbons (Fsp3) is 0.278. The zero-order valence-electron chi connectivity index (χ0n) is 24.5. The number of nitrogens with one attached hydrogen (secondary N) is 1. The van der Waals surface area contributed by atoms with Gasteiger partial charge in [0, 0.05) is 36.0 Å². The minimum Gasteiger partial charge on any atom is -0.494 e. The molecule has 1 amide bonds. The Morgan fingerprint density at radius 2 is 1.58 bits per heavy atom. The number of aliphatic hydroxyl groups is 1. The van der Waals surface area contributed by atoms with E-state index in [1.54, 1.807) is 0 Å². The number of amides is 1. The first-order valence-electron chi connectivity index (χ1n) is 14.7. The fourth-order valence-corrected chi connectivity index (χ4v) is 5.57. The predicted octanol–water partition coefficient (Wildman–Crippen LogP) is 7.15. The van der Waals surface area contributed by atoms with Crippen LogP contribution in [0.4, 0.5) is 0 Å². The van der Waals surface area contributed by atoms with Crippen molar-refractivity contribution in [2.75, 3.05) is 19.8 Å². The van der Waals surface area contributed by atoms with Crippen molar-refractivity contribution in [3.8, 4) is 16.9 Å². The van der Waals surface area contributed by atoms with Crippen LogP contribution in [0.3, 0.4) is 0 Å². The molecule has 6 nitrogen and oxygen atoms in total. The monoisotopic (exact) mass is 640 g/mol. The number of rotatable bonds is 12. The van der Waals surface area contributed by atoms with Crippen molar-refractivity contribution in [1.29, 1.82) is 0 Å². The number of nitrogens with zero attached hydrogens (tertiary/aromatic N) is 1. The average Bonchev–Trinajstić information content (AvgIpc) is 3.42. The van der Waals surface area contributed by atoms with Gasteiger partial charge in [-0.3, -0.25) is 4.79 Å². The third-order valence-corrected chi connectivity index (χ3v) is 8.21. The van der Waals surface area contributed by atoms with E-state index in [0.29, 0.717) is 37.6 Å². The molecule has 4 aromatic rings. The Bertz CT molecular complexity index is 1540. The molecule has 0 fully saturated rings. The lowest BCUT2D eigenvalue weighted by Gasteiger charge is -2.31. The Morgan fingerprint density at radius 1 is 0.930 bits per heavy atom. The van der Waals surface area contributed by atoms with E-state index in [9.17, 15) is 4.79 Å². The minimum absolute atomic E-state index is 0.0783. The molecular formula is C36H37BrN2O4. The highest BCUT2D eigenvalue weighted by Gasteiger charge is 2.53. The van der Waals surface area contributed by atoms with Crippen LogP contribution in [0.25, 0.3) is 11.1 Å². The summed E-state index contributed by atoms with van der Waals surface area (Å²) in [6, 6.07) is 33.8. The summed E-state index contributed by atoms with van der Waals surface area (Å²) >= 11 is 3.69. The first kappa shape index (κ1) is 30.5. The van der Waals surface area contributed by atoms with Crippen LogP contribution < -0.4 is 10.1 Å². The molecule has 5 rings (SSSR count). The van der Waals surface area contributed by atoms with Crippen LogP contribution in [0.2, 0.25) is 0 Å². The Hall–Kier alpha value is -3.94. The number of hydrogen-bond donors (Lipinski definition) is 2. The van der Waals surface area contributed by atoms with E-state index in [2.05, 4.69) is 59.4 Å². The number of carbonyl (C=O) groups is 1. The summed E-state index contributed by atoms with van der Waals surface area (Å²) in [6.07, 6.45) is 0.243. The van der Waals surface area contributed by atoms with E-state index in [1.807, 2.05) is 78.9 Å². The van der Waals surface area contributed by atoms with Gasteiger partial charge in [0.25, 0.3) is 5.91 Å². The number of halogens is 1. The summed E-state index contributed by atoms with van der Waals surface area (Å²) in [5, 5.41) is 12.2. The highest BCUT2D eigenvalue weighted by molar-refractivity contribution is 9.10. The quantitative estimate of drug-likeness (QED) is 0.161. The third kappa shape index (κ3) is 7.17. The van der Waals surface area contributed by atoms with E-state index in [1.165, 1.54) is 0 Å². The molecule has 1 aliphatic heterocycles. The van der Waals surface area contributed by atoms with Crippen molar-refractivity contribution in [1.82, 2.24) is 5.32 Å². The standard InChI is InChI=1S/C36H37BrN2O4/c1-25(2)24-38-35(41)36(23-30-11-6-7-12-32(30)37)33(28-15-13-27(14-16-28)26-9-4-3-5-10-26)43-34(39-36)29-17-19-31(20-18-29)42-22-8-21-40/h3-7,9-20,25,33,40H,8,21-24H2,1-2H3,(H,38,41)/t33-,36-/m1/s1. The summed E-state index contributed by atoms with van der Waals surface area (Å²) in [6.45, 7) is 5.18. The maximum absolute atomic E-state index is 14.3. The Labute approximate surface area is 261 Å². The van der Waals surface area contributed by atoms with Crippen molar-refractivity contribution >= 4 is 27.7 Å². The second-order valence-electron chi connectivity index (χ2n) is 11.1. The van der Waals surface area contributed by atoms with Crippen LogP contribution in [0.15, 0.2) is 113 Å². The van der Waals surface area contributed by atoms with Crippen molar-refractivity contribution in [2.45, 2.75) is 38.3 Å². The Morgan fingerprint density at radius 3 is 2.26 bits per heavy atom. The van der Waals surface area contributed by atoms with Crippen molar-refractivity contribution in [3.63, 3.8) is 0 Å². The van der Waals surface area contributed by atoms with Crippen molar-refractivity contribution < 1.29 is 19.4 Å². The smallest absolute Gasteiger partial charge is 0.252 e. The molecule has 0 radical (unpaired) electrons. The normalized spacial score (nSPS) is 17.8. The molecule has 222 valence electrons. The number of aliphatic hydroxyl groups excluding tert-OH is 1. The van der Waals surface area contributed by atoms with Gasteiger partial charge in [-0.2, -0.15) is 0 Å². The number of benzene rings is 4. The lowest BCUT2D eigenvalue weighted by atomic mass is 9.81. The van der Waals surface area contributed by atoms with Gasteiger partial charge in [-0.25, -0.2) is 4.99 Å². The molecule has 0 spiro atoms. The minimum atomic E-state index is -1.25. The van der Waals surface area contributed by atoms with Crippen LogP contribution in [0.5, 0.6) is 5.75 Å². The summed E-state index contributed by atoms with van der Waals surface area (Å²) in [7, 11) is 0. The van der Waals surface area contributed by atoms with Gasteiger partial charge in [-0.1, -0.05) is 103 Å². The van der Waals surface area contributed by atoms with Crippen LogP contribution >= 0.6 is 15.9 Å². The van der Waals surface area contributed by atoms with Gasteiger partial charge in [0.1, 0.15) is 5.75 Å². The van der Waals surface area contributed by atoms with Crippen LogP contribution in [0.1, 0.15) is 43.1 Å². The first-order valence-corrected chi connectivity index (χ1v) is 15.5. The van der Waals surface area contributed by atoms with Crippen LogP contribution in [-0.4, -0.2) is 42.2 Å². The maximum atomic E-state index is 14.3. The molecule has 2 N–H and O–H groups in total. The topological polar surface area (TPSA) is 80.2 Å². The zero-order chi connectivity index (χ0) is 30.2. The van der Waals surface area contributed by atoms with E-state index in [4.69, 9.17) is 19.6 Å². The van der Waals surface area contributed by atoms with E-state index in [0.717, 1.165) is 32.3 Å². The molecule has 1 heterocycles. The highest BCUT2D eigenvalue weighted by atomic mass is 79.9. The van der Waals surface area contributed by atoms with Gasteiger partial charge in [-0.15, -0.1) is 0 Å². The molecule has 0 saturated heterocycles. The first-order chi connectivity index (χ1) is 20.9. The van der Waals surface area contributed by atoms with Crippen molar-refractivity contribution in [3.05, 3.63) is 124 Å². The summed E-state index contributed by atoms with van der Waals surface area (Å²) in [5.74, 6) is 1.20. The van der Waals surface area contributed by atoms with E-state index >= 15 is 0 Å². The lowest BCUT2D eigenvalue weighted by molar-refractivity contribution is -0.129. The maximum Gasteiger partial charge on any atom is 0.252 e. The molecule has 4 aromatic carbocycles.